The van der Waals surface area contributed by atoms with Crippen molar-refractivity contribution in [3.8, 4) is 0 Å². The van der Waals surface area contributed by atoms with Gasteiger partial charge in [-0.15, -0.1) is 0 Å². The molecule has 1 aliphatic rings. The number of nitrogens with one attached hydrogen (secondary N) is 1. The molecule has 0 amide bonds. The van der Waals surface area contributed by atoms with Gasteiger partial charge in [0.05, 0.1) is 0 Å². The molecule has 0 spiro atoms. The Labute approximate surface area is 111 Å². The molecule has 0 saturated carbocycles. The molecule has 0 bridgehead atoms. The zero-order valence-electron chi connectivity index (χ0n) is 10.6. The molecule has 1 saturated heterocycles. The zero-order chi connectivity index (χ0) is 13.0. The Bertz CT molecular complexity index is 391. The van der Waals surface area contributed by atoms with Crippen LogP contribution in [0.2, 0.25) is 0 Å². The lowest BCUT2D eigenvalue weighted by Crippen LogP contribution is -2.38. The summed E-state index contributed by atoms with van der Waals surface area (Å²) in [6, 6.07) is 3.96. The minimum Gasteiger partial charge on any atom is -0.314 e. The van der Waals surface area contributed by atoms with Crippen LogP contribution in [0, 0.1) is 17.6 Å². The summed E-state index contributed by atoms with van der Waals surface area (Å²) in [4.78, 5) is 0. The monoisotopic (exact) mass is 271 g/mol. The van der Waals surface area contributed by atoms with Crippen LogP contribution >= 0.6 is 11.8 Å². The largest absolute Gasteiger partial charge is 0.314 e. The van der Waals surface area contributed by atoms with Crippen molar-refractivity contribution in [1.82, 2.24) is 5.32 Å². The fourth-order valence-corrected chi connectivity index (χ4v) is 3.81. The maximum Gasteiger partial charge on any atom is 0.126 e. The SMILES string of the molecule is CCNC(Cc1cc(F)ccc1F)C1CCSC1. The van der Waals surface area contributed by atoms with E-state index in [1.165, 1.54) is 30.4 Å². The van der Waals surface area contributed by atoms with Crippen LogP contribution in [0.4, 0.5) is 8.78 Å². The highest BCUT2D eigenvalue weighted by Gasteiger charge is 2.25. The summed E-state index contributed by atoms with van der Waals surface area (Å²) < 4.78 is 26.8. The molecule has 0 aromatic heterocycles. The normalized spacial score (nSPS) is 21.2. The van der Waals surface area contributed by atoms with Gasteiger partial charge < -0.3 is 5.32 Å². The Morgan fingerprint density at radius 2 is 2.28 bits per heavy atom. The molecule has 1 N–H and O–H groups in total. The molecule has 1 nitrogen and oxygen atoms in total. The highest BCUT2D eigenvalue weighted by Crippen LogP contribution is 2.28. The minimum absolute atomic E-state index is 0.251. The number of rotatable bonds is 5. The number of benzene rings is 1. The van der Waals surface area contributed by atoms with Crippen LogP contribution in [0.15, 0.2) is 18.2 Å². The molecular formula is C14H19F2NS. The first kappa shape index (κ1) is 13.8. The molecule has 100 valence electrons. The lowest BCUT2D eigenvalue weighted by Gasteiger charge is -2.24. The summed E-state index contributed by atoms with van der Waals surface area (Å²) >= 11 is 1.95. The fraction of sp³-hybridized carbons (Fsp3) is 0.571. The van der Waals surface area contributed by atoms with E-state index in [1.54, 1.807) is 0 Å². The van der Waals surface area contributed by atoms with Crippen molar-refractivity contribution in [2.24, 2.45) is 5.92 Å². The van der Waals surface area contributed by atoms with Crippen molar-refractivity contribution in [3.63, 3.8) is 0 Å². The van der Waals surface area contributed by atoms with Crippen molar-refractivity contribution in [1.29, 1.82) is 0 Å². The Hall–Kier alpha value is -0.610. The maximum absolute atomic E-state index is 13.7. The second kappa shape index (κ2) is 6.53. The van der Waals surface area contributed by atoms with Crippen molar-refractivity contribution >= 4 is 11.8 Å². The quantitative estimate of drug-likeness (QED) is 0.882. The number of likely N-dealkylation sites (N-methyl/N-ethyl adjacent to an activating group) is 1. The van der Waals surface area contributed by atoms with Crippen LogP contribution in [-0.4, -0.2) is 24.1 Å². The highest BCUT2D eigenvalue weighted by atomic mass is 32.2. The summed E-state index contributed by atoms with van der Waals surface area (Å²) in [6.45, 7) is 2.92. The summed E-state index contributed by atoms with van der Waals surface area (Å²) in [5.74, 6) is 2.21. The Morgan fingerprint density at radius 1 is 1.44 bits per heavy atom. The fourth-order valence-electron chi connectivity index (χ4n) is 2.47. The van der Waals surface area contributed by atoms with E-state index in [-0.39, 0.29) is 17.7 Å². The van der Waals surface area contributed by atoms with E-state index in [9.17, 15) is 8.78 Å². The van der Waals surface area contributed by atoms with Gasteiger partial charge >= 0.3 is 0 Å². The maximum atomic E-state index is 13.7. The van der Waals surface area contributed by atoms with Crippen molar-refractivity contribution in [2.75, 3.05) is 18.1 Å². The molecule has 2 rings (SSSR count). The minimum atomic E-state index is -0.359. The van der Waals surface area contributed by atoms with E-state index in [0.717, 1.165) is 12.3 Å². The number of hydrogen-bond donors (Lipinski definition) is 1. The summed E-state index contributed by atoms with van der Waals surface area (Å²) in [5.41, 5.74) is 0.484. The standard InChI is InChI=1S/C14H19F2NS/c1-2-17-14(10-5-6-18-9-10)8-11-7-12(15)3-4-13(11)16/h3-4,7,10,14,17H,2,5-6,8-9H2,1H3. The van der Waals surface area contributed by atoms with Gasteiger partial charge in [-0.05, 0) is 60.6 Å². The third kappa shape index (κ3) is 3.45. The Morgan fingerprint density at radius 3 is 2.94 bits per heavy atom. The Balaban J connectivity index is 2.09. The summed E-state index contributed by atoms with van der Waals surface area (Å²) in [5, 5.41) is 3.42. The molecule has 1 heterocycles. The van der Waals surface area contributed by atoms with Gasteiger partial charge in [-0.2, -0.15) is 11.8 Å². The molecule has 2 unspecified atom stereocenters. The van der Waals surface area contributed by atoms with Gasteiger partial charge in [0.15, 0.2) is 0 Å². The van der Waals surface area contributed by atoms with Crippen molar-refractivity contribution in [2.45, 2.75) is 25.8 Å². The van der Waals surface area contributed by atoms with Crippen molar-refractivity contribution in [3.05, 3.63) is 35.4 Å². The van der Waals surface area contributed by atoms with Gasteiger partial charge in [0.25, 0.3) is 0 Å². The third-order valence-electron chi connectivity index (χ3n) is 3.45. The number of hydrogen-bond acceptors (Lipinski definition) is 2. The first-order chi connectivity index (χ1) is 8.70. The number of halogens is 2. The molecular weight excluding hydrogens is 252 g/mol. The van der Waals surface area contributed by atoms with Crippen LogP contribution < -0.4 is 5.32 Å². The van der Waals surface area contributed by atoms with Gasteiger partial charge in [-0.1, -0.05) is 6.92 Å². The van der Waals surface area contributed by atoms with E-state index in [2.05, 4.69) is 12.2 Å². The number of thioether (sulfide) groups is 1. The van der Waals surface area contributed by atoms with E-state index in [1.807, 2.05) is 11.8 Å². The molecule has 18 heavy (non-hydrogen) atoms. The van der Waals surface area contributed by atoms with Crippen LogP contribution in [0.3, 0.4) is 0 Å². The van der Waals surface area contributed by atoms with Crippen molar-refractivity contribution < 1.29 is 8.78 Å². The summed E-state index contributed by atoms with van der Waals surface area (Å²) in [6.07, 6.45) is 1.74. The highest BCUT2D eigenvalue weighted by molar-refractivity contribution is 7.99. The molecule has 0 aliphatic carbocycles. The van der Waals surface area contributed by atoms with E-state index in [4.69, 9.17) is 0 Å². The average Bonchev–Trinajstić information content (AvgIpc) is 2.87. The zero-order valence-corrected chi connectivity index (χ0v) is 11.4. The van der Waals surface area contributed by atoms with Gasteiger partial charge in [0.2, 0.25) is 0 Å². The second-order valence-electron chi connectivity index (χ2n) is 4.73. The molecule has 1 aliphatic heterocycles. The molecule has 4 heteroatoms. The van der Waals surface area contributed by atoms with Crippen LogP contribution in [0.1, 0.15) is 18.9 Å². The van der Waals surface area contributed by atoms with Crippen LogP contribution in [-0.2, 0) is 6.42 Å². The van der Waals surface area contributed by atoms with Gasteiger partial charge in [-0.25, -0.2) is 8.78 Å². The van der Waals surface area contributed by atoms with Gasteiger partial charge in [-0.3, -0.25) is 0 Å². The average molecular weight is 271 g/mol. The molecule has 1 aromatic rings. The predicted molar refractivity (Wildman–Crippen MR) is 73.0 cm³/mol. The van der Waals surface area contributed by atoms with E-state index >= 15 is 0 Å². The van der Waals surface area contributed by atoms with Crippen LogP contribution in [0.5, 0.6) is 0 Å². The second-order valence-corrected chi connectivity index (χ2v) is 5.88. The molecule has 0 radical (unpaired) electrons. The predicted octanol–water partition coefficient (Wildman–Crippen LogP) is 3.24. The Kier molecular flexibility index (Phi) is 5.01. The third-order valence-corrected chi connectivity index (χ3v) is 4.64. The topological polar surface area (TPSA) is 12.0 Å². The molecule has 1 aromatic carbocycles. The smallest absolute Gasteiger partial charge is 0.126 e. The van der Waals surface area contributed by atoms with E-state index in [0.29, 0.717) is 17.9 Å². The van der Waals surface area contributed by atoms with Crippen LogP contribution in [0.25, 0.3) is 0 Å². The first-order valence-electron chi connectivity index (χ1n) is 6.45. The van der Waals surface area contributed by atoms with Gasteiger partial charge in [0, 0.05) is 6.04 Å². The lowest BCUT2D eigenvalue weighted by atomic mass is 9.92. The summed E-state index contributed by atoms with van der Waals surface area (Å²) in [7, 11) is 0. The molecule has 2 atom stereocenters. The molecule has 1 fully saturated rings. The van der Waals surface area contributed by atoms with Gasteiger partial charge in [0.1, 0.15) is 11.6 Å². The first-order valence-corrected chi connectivity index (χ1v) is 7.61. The lowest BCUT2D eigenvalue weighted by molar-refractivity contribution is 0.382. The van der Waals surface area contributed by atoms with E-state index < -0.39 is 0 Å².